The lowest BCUT2D eigenvalue weighted by Gasteiger charge is -2.18. The van der Waals surface area contributed by atoms with Gasteiger partial charge >= 0.3 is 0 Å². The Bertz CT molecular complexity index is 902. The number of aromatic hydroxyl groups is 1. The highest BCUT2D eigenvalue weighted by molar-refractivity contribution is 9.13. The number of nitrogens with zero attached hydrogens (tertiary/aromatic N) is 1. The molecule has 1 heterocycles. The van der Waals surface area contributed by atoms with Crippen molar-refractivity contribution >= 4 is 44.0 Å². The Hall–Kier alpha value is -2.26. The van der Waals surface area contributed by atoms with Crippen LogP contribution in [-0.4, -0.2) is 37.0 Å². The standard InChI is InChI=1S/C18H16Br2N2O5/c1-2-25-14-8-11(15(19)16(20)17(14)23)9-21-22-18(24)10-3-4-12-13(7-10)27-6-5-26-12/h3-4,7-9,23H,2,5-6H2,1H3,(H,22,24). The van der Waals surface area contributed by atoms with Gasteiger partial charge in [-0.1, -0.05) is 0 Å². The SMILES string of the molecule is CCOc1cc(C=NNC(=O)c2ccc3c(c2)OCCO3)c(Br)c(Br)c1O. The van der Waals surface area contributed by atoms with Gasteiger partial charge in [-0.2, -0.15) is 5.10 Å². The number of ether oxygens (including phenoxy) is 3. The number of nitrogens with one attached hydrogen (secondary N) is 1. The Morgan fingerprint density at radius 2 is 2.00 bits per heavy atom. The van der Waals surface area contributed by atoms with Crippen LogP contribution in [-0.2, 0) is 0 Å². The highest BCUT2D eigenvalue weighted by Gasteiger charge is 2.16. The van der Waals surface area contributed by atoms with Gasteiger partial charge in [0.1, 0.15) is 13.2 Å². The zero-order valence-electron chi connectivity index (χ0n) is 14.3. The molecule has 3 rings (SSSR count). The van der Waals surface area contributed by atoms with Crippen molar-refractivity contribution in [3.8, 4) is 23.0 Å². The summed E-state index contributed by atoms with van der Waals surface area (Å²) < 4.78 is 17.3. The Morgan fingerprint density at radius 3 is 2.74 bits per heavy atom. The van der Waals surface area contributed by atoms with Gasteiger partial charge in [0.05, 0.1) is 17.3 Å². The molecular formula is C18H16Br2N2O5. The van der Waals surface area contributed by atoms with Crippen molar-refractivity contribution in [3.05, 3.63) is 44.3 Å². The fourth-order valence-corrected chi connectivity index (χ4v) is 3.21. The minimum absolute atomic E-state index is 0.0128. The molecule has 142 valence electrons. The van der Waals surface area contributed by atoms with E-state index in [1.807, 2.05) is 6.92 Å². The summed E-state index contributed by atoms with van der Waals surface area (Å²) in [5, 5.41) is 14.0. The first-order chi connectivity index (χ1) is 13.0. The van der Waals surface area contributed by atoms with E-state index in [0.29, 0.717) is 57.1 Å². The van der Waals surface area contributed by atoms with E-state index in [0.717, 1.165) is 0 Å². The van der Waals surface area contributed by atoms with E-state index in [1.165, 1.54) is 6.21 Å². The zero-order chi connectivity index (χ0) is 19.4. The van der Waals surface area contributed by atoms with Crippen molar-refractivity contribution in [2.75, 3.05) is 19.8 Å². The number of rotatable bonds is 5. The maximum Gasteiger partial charge on any atom is 0.271 e. The number of phenols is 1. The summed E-state index contributed by atoms with van der Waals surface area (Å²) in [5.74, 6) is 1.06. The van der Waals surface area contributed by atoms with Gasteiger partial charge in [0.25, 0.3) is 5.91 Å². The third-order valence-electron chi connectivity index (χ3n) is 3.65. The van der Waals surface area contributed by atoms with Crippen LogP contribution in [0.1, 0.15) is 22.8 Å². The van der Waals surface area contributed by atoms with Crippen molar-refractivity contribution in [2.24, 2.45) is 5.10 Å². The van der Waals surface area contributed by atoms with Crippen LogP contribution in [0, 0.1) is 0 Å². The van der Waals surface area contributed by atoms with Gasteiger partial charge in [0, 0.05) is 15.6 Å². The smallest absolute Gasteiger partial charge is 0.271 e. The van der Waals surface area contributed by atoms with Gasteiger partial charge in [-0.3, -0.25) is 4.79 Å². The highest BCUT2D eigenvalue weighted by Crippen LogP contribution is 2.41. The van der Waals surface area contributed by atoms with Gasteiger partial charge in [-0.15, -0.1) is 0 Å². The second-order valence-electron chi connectivity index (χ2n) is 5.43. The molecule has 2 N–H and O–H groups in total. The number of amides is 1. The minimum atomic E-state index is -0.387. The monoisotopic (exact) mass is 498 g/mol. The van der Waals surface area contributed by atoms with Gasteiger partial charge in [-0.05, 0) is 63.0 Å². The van der Waals surface area contributed by atoms with Crippen LogP contribution in [0.5, 0.6) is 23.0 Å². The van der Waals surface area contributed by atoms with E-state index in [4.69, 9.17) is 14.2 Å². The predicted molar refractivity (Wildman–Crippen MR) is 107 cm³/mol. The molecular weight excluding hydrogens is 484 g/mol. The molecule has 0 bridgehead atoms. The Balaban J connectivity index is 1.74. The van der Waals surface area contributed by atoms with Crippen molar-refractivity contribution in [2.45, 2.75) is 6.92 Å². The number of hydrazone groups is 1. The lowest BCUT2D eigenvalue weighted by atomic mass is 10.2. The van der Waals surface area contributed by atoms with Gasteiger partial charge in [0.15, 0.2) is 23.0 Å². The van der Waals surface area contributed by atoms with Crippen LogP contribution in [0.25, 0.3) is 0 Å². The molecule has 0 fully saturated rings. The summed E-state index contributed by atoms with van der Waals surface area (Å²) in [4.78, 5) is 12.3. The molecule has 1 amide bonds. The summed E-state index contributed by atoms with van der Waals surface area (Å²) in [6, 6.07) is 6.56. The number of hydrogen-bond donors (Lipinski definition) is 2. The average molecular weight is 500 g/mol. The maximum atomic E-state index is 12.3. The summed E-state index contributed by atoms with van der Waals surface area (Å²) in [7, 11) is 0. The normalized spacial score (nSPS) is 12.9. The van der Waals surface area contributed by atoms with Gasteiger partial charge in [0.2, 0.25) is 0 Å². The molecule has 2 aromatic rings. The first-order valence-electron chi connectivity index (χ1n) is 8.08. The minimum Gasteiger partial charge on any atom is -0.503 e. The molecule has 0 aliphatic carbocycles. The molecule has 0 atom stereocenters. The lowest BCUT2D eigenvalue weighted by Crippen LogP contribution is -2.19. The number of carbonyl (C=O) groups excluding carboxylic acids is 1. The quantitative estimate of drug-likeness (QED) is 0.481. The molecule has 0 saturated heterocycles. The fourth-order valence-electron chi connectivity index (χ4n) is 2.38. The average Bonchev–Trinajstić information content (AvgIpc) is 2.69. The number of hydrogen-bond acceptors (Lipinski definition) is 6. The molecule has 7 nitrogen and oxygen atoms in total. The van der Waals surface area contributed by atoms with E-state index >= 15 is 0 Å². The van der Waals surface area contributed by atoms with Crippen LogP contribution in [0.15, 0.2) is 38.3 Å². The number of phenolic OH excluding ortho intramolecular Hbond substituents is 1. The Labute approximate surface area is 172 Å². The lowest BCUT2D eigenvalue weighted by molar-refractivity contribution is 0.0954. The summed E-state index contributed by atoms with van der Waals surface area (Å²) in [6.07, 6.45) is 1.45. The summed E-state index contributed by atoms with van der Waals surface area (Å²) in [5.41, 5.74) is 3.48. The molecule has 9 heteroatoms. The molecule has 0 unspecified atom stereocenters. The van der Waals surface area contributed by atoms with Crippen molar-refractivity contribution in [1.82, 2.24) is 5.43 Å². The maximum absolute atomic E-state index is 12.3. The second kappa shape index (κ2) is 8.62. The van der Waals surface area contributed by atoms with Gasteiger partial charge < -0.3 is 19.3 Å². The molecule has 2 aromatic carbocycles. The van der Waals surface area contributed by atoms with Crippen LogP contribution in [0.3, 0.4) is 0 Å². The summed E-state index contributed by atoms with van der Waals surface area (Å²) in [6.45, 7) is 3.15. The molecule has 0 aromatic heterocycles. The number of benzene rings is 2. The number of carbonyl (C=O) groups is 1. The molecule has 0 saturated carbocycles. The van der Waals surface area contributed by atoms with E-state index in [9.17, 15) is 9.90 Å². The van der Waals surface area contributed by atoms with E-state index in [2.05, 4.69) is 42.4 Å². The topological polar surface area (TPSA) is 89.4 Å². The highest BCUT2D eigenvalue weighted by atomic mass is 79.9. The largest absolute Gasteiger partial charge is 0.503 e. The molecule has 1 aliphatic heterocycles. The molecule has 0 spiro atoms. The van der Waals surface area contributed by atoms with E-state index < -0.39 is 0 Å². The van der Waals surface area contributed by atoms with Crippen LogP contribution in [0.4, 0.5) is 0 Å². The molecule has 1 aliphatic rings. The predicted octanol–water partition coefficient (Wildman–Crippen LogP) is 3.85. The van der Waals surface area contributed by atoms with E-state index in [-0.39, 0.29) is 11.7 Å². The Kier molecular flexibility index (Phi) is 6.22. The summed E-state index contributed by atoms with van der Waals surface area (Å²) >= 11 is 6.66. The van der Waals surface area contributed by atoms with Crippen molar-refractivity contribution in [1.29, 1.82) is 0 Å². The van der Waals surface area contributed by atoms with Crippen molar-refractivity contribution < 1.29 is 24.1 Å². The van der Waals surface area contributed by atoms with Crippen molar-refractivity contribution in [3.63, 3.8) is 0 Å². The van der Waals surface area contributed by atoms with Crippen LogP contribution >= 0.6 is 31.9 Å². The van der Waals surface area contributed by atoms with Crippen LogP contribution < -0.4 is 19.6 Å². The third kappa shape index (κ3) is 4.36. The third-order valence-corrected chi connectivity index (χ3v) is 5.81. The first-order valence-corrected chi connectivity index (χ1v) is 9.66. The van der Waals surface area contributed by atoms with Crippen LogP contribution in [0.2, 0.25) is 0 Å². The molecule has 27 heavy (non-hydrogen) atoms. The van der Waals surface area contributed by atoms with Gasteiger partial charge in [-0.25, -0.2) is 5.43 Å². The zero-order valence-corrected chi connectivity index (χ0v) is 17.5. The number of fused-ring (bicyclic) bond motifs is 1. The Morgan fingerprint density at radius 1 is 1.26 bits per heavy atom. The number of halogens is 2. The van der Waals surface area contributed by atoms with E-state index in [1.54, 1.807) is 24.3 Å². The fraction of sp³-hybridized carbons (Fsp3) is 0.222. The first kappa shape index (κ1) is 19.5. The molecule has 0 radical (unpaired) electrons. The second-order valence-corrected chi connectivity index (χ2v) is 7.02.